The molecule has 0 saturated heterocycles. The third kappa shape index (κ3) is 3.47. The Labute approximate surface area is 117 Å². The van der Waals surface area contributed by atoms with Crippen LogP contribution in [0.3, 0.4) is 0 Å². The van der Waals surface area contributed by atoms with Gasteiger partial charge in [-0.15, -0.1) is 0 Å². The third-order valence-corrected chi connectivity index (χ3v) is 3.04. The molecule has 0 radical (unpaired) electrons. The second kappa shape index (κ2) is 7.42. The molecule has 0 amide bonds. The smallest absolute Gasteiger partial charge is 0.0487 e. The molecule has 0 aliphatic heterocycles. The highest BCUT2D eigenvalue weighted by Crippen LogP contribution is 2.28. The zero-order valence-electron chi connectivity index (χ0n) is 12.2. The fraction of sp³-hybridized carbons (Fsp3) is 0.222. The lowest BCUT2D eigenvalue weighted by atomic mass is 10.0. The van der Waals surface area contributed by atoms with Crippen molar-refractivity contribution >= 4 is 17.8 Å². The molecule has 0 saturated carbocycles. The number of anilines is 1. The van der Waals surface area contributed by atoms with Gasteiger partial charge in [0, 0.05) is 24.0 Å². The first kappa shape index (κ1) is 15.0. The molecule has 0 bridgehead atoms. The van der Waals surface area contributed by atoms with Crippen LogP contribution in [0.25, 0.3) is 12.2 Å². The average molecular weight is 253 g/mol. The standard InChI is InChI=1S/C18H23N/c1-6-11-16(12-7-2)19(5)18-14-10-13-15(8-3)17(18)9-4/h6,8-14H,3-4,7H2,1-2,5H3/b11-6-,16-12+. The Balaban J connectivity index is 3.32. The highest BCUT2D eigenvalue weighted by atomic mass is 15.1. The zero-order valence-corrected chi connectivity index (χ0v) is 12.2. The van der Waals surface area contributed by atoms with Crippen LogP contribution in [0, 0.1) is 0 Å². The Kier molecular flexibility index (Phi) is 5.87. The van der Waals surface area contributed by atoms with Crippen molar-refractivity contribution in [2.45, 2.75) is 20.3 Å². The first-order chi connectivity index (χ1) is 9.19. The van der Waals surface area contributed by atoms with Gasteiger partial charge in [-0.3, -0.25) is 0 Å². The third-order valence-electron chi connectivity index (χ3n) is 3.04. The van der Waals surface area contributed by atoms with E-state index in [0.717, 1.165) is 23.2 Å². The minimum atomic E-state index is 1.01. The molecular formula is C18H23N. The molecule has 0 aliphatic carbocycles. The molecule has 0 heterocycles. The number of benzene rings is 1. The van der Waals surface area contributed by atoms with Crippen LogP contribution in [0.2, 0.25) is 0 Å². The molecule has 0 fully saturated rings. The summed E-state index contributed by atoms with van der Waals surface area (Å²) in [5.74, 6) is 0. The maximum Gasteiger partial charge on any atom is 0.0487 e. The van der Waals surface area contributed by atoms with Crippen molar-refractivity contribution in [3.63, 3.8) is 0 Å². The van der Waals surface area contributed by atoms with E-state index in [1.165, 1.54) is 5.70 Å². The van der Waals surface area contributed by atoms with Gasteiger partial charge >= 0.3 is 0 Å². The van der Waals surface area contributed by atoms with Crippen molar-refractivity contribution in [2.75, 3.05) is 11.9 Å². The van der Waals surface area contributed by atoms with Gasteiger partial charge in [0.25, 0.3) is 0 Å². The summed E-state index contributed by atoms with van der Waals surface area (Å²) in [5, 5.41) is 0. The summed E-state index contributed by atoms with van der Waals surface area (Å²) in [6, 6.07) is 6.21. The molecule has 0 unspecified atom stereocenters. The van der Waals surface area contributed by atoms with E-state index in [1.54, 1.807) is 0 Å². The number of hydrogen-bond donors (Lipinski definition) is 0. The quantitative estimate of drug-likeness (QED) is 0.623. The van der Waals surface area contributed by atoms with E-state index in [1.807, 2.05) is 19.1 Å². The second-order valence-corrected chi connectivity index (χ2v) is 4.28. The lowest BCUT2D eigenvalue weighted by molar-refractivity contribution is 1.09. The summed E-state index contributed by atoms with van der Waals surface area (Å²) in [4.78, 5) is 2.19. The lowest BCUT2D eigenvalue weighted by Gasteiger charge is -2.24. The van der Waals surface area contributed by atoms with E-state index in [-0.39, 0.29) is 0 Å². The number of allylic oxidation sites excluding steroid dienone is 3. The van der Waals surface area contributed by atoms with Gasteiger partial charge in [-0.2, -0.15) is 0 Å². The zero-order chi connectivity index (χ0) is 14.3. The normalized spacial score (nSPS) is 11.6. The van der Waals surface area contributed by atoms with E-state index >= 15 is 0 Å². The number of hydrogen-bond acceptors (Lipinski definition) is 1. The Hall–Kier alpha value is -2.02. The van der Waals surface area contributed by atoms with Crippen LogP contribution in [-0.2, 0) is 0 Å². The molecule has 1 rings (SSSR count). The Morgan fingerprint density at radius 1 is 1.26 bits per heavy atom. The summed E-state index contributed by atoms with van der Waals surface area (Å²) in [6.45, 7) is 12.0. The molecule has 1 heteroatoms. The van der Waals surface area contributed by atoms with Crippen molar-refractivity contribution in [2.24, 2.45) is 0 Å². The molecule has 1 nitrogen and oxygen atoms in total. The molecule has 1 aromatic rings. The SMILES string of the molecule is C=Cc1cccc(N(C)C(/C=C\C)=C/CC)c1C=C. The van der Waals surface area contributed by atoms with Gasteiger partial charge in [-0.05, 0) is 31.1 Å². The topological polar surface area (TPSA) is 3.24 Å². The first-order valence-corrected chi connectivity index (χ1v) is 6.64. The van der Waals surface area contributed by atoms with Gasteiger partial charge in [-0.25, -0.2) is 0 Å². The molecule has 0 aliphatic rings. The summed E-state index contributed by atoms with van der Waals surface area (Å²) in [7, 11) is 2.08. The van der Waals surface area contributed by atoms with Gasteiger partial charge in [0.2, 0.25) is 0 Å². The lowest BCUT2D eigenvalue weighted by Crippen LogP contribution is -2.16. The van der Waals surface area contributed by atoms with Gasteiger partial charge in [0.15, 0.2) is 0 Å². The van der Waals surface area contributed by atoms with Gasteiger partial charge in [-0.1, -0.05) is 56.5 Å². The van der Waals surface area contributed by atoms with E-state index in [4.69, 9.17) is 0 Å². The van der Waals surface area contributed by atoms with Crippen molar-refractivity contribution in [1.29, 1.82) is 0 Å². The summed E-state index contributed by atoms with van der Waals surface area (Å²) < 4.78 is 0. The van der Waals surface area contributed by atoms with E-state index in [0.29, 0.717) is 0 Å². The van der Waals surface area contributed by atoms with Gasteiger partial charge in [0.05, 0.1) is 0 Å². The highest BCUT2D eigenvalue weighted by molar-refractivity contribution is 5.77. The number of rotatable bonds is 6. The largest absolute Gasteiger partial charge is 0.344 e. The molecule has 0 atom stereocenters. The van der Waals surface area contributed by atoms with Crippen LogP contribution in [-0.4, -0.2) is 7.05 Å². The summed E-state index contributed by atoms with van der Waals surface area (Å²) in [6.07, 6.45) is 11.2. The molecule has 19 heavy (non-hydrogen) atoms. The maximum atomic E-state index is 3.92. The van der Waals surface area contributed by atoms with Crippen molar-refractivity contribution in [1.82, 2.24) is 0 Å². The van der Waals surface area contributed by atoms with Gasteiger partial charge in [0.1, 0.15) is 0 Å². The molecule has 0 aromatic heterocycles. The van der Waals surface area contributed by atoms with E-state index in [9.17, 15) is 0 Å². The summed E-state index contributed by atoms with van der Waals surface area (Å²) in [5.41, 5.74) is 4.56. The maximum absolute atomic E-state index is 3.92. The fourth-order valence-electron chi connectivity index (χ4n) is 2.10. The van der Waals surface area contributed by atoms with Crippen LogP contribution in [0.15, 0.2) is 55.3 Å². The van der Waals surface area contributed by atoms with Crippen LogP contribution in [0.5, 0.6) is 0 Å². The Morgan fingerprint density at radius 2 is 2.00 bits per heavy atom. The predicted molar refractivity (Wildman–Crippen MR) is 88.2 cm³/mol. The van der Waals surface area contributed by atoms with Crippen LogP contribution >= 0.6 is 0 Å². The minimum Gasteiger partial charge on any atom is -0.344 e. The Bertz CT molecular complexity index is 506. The van der Waals surface area contributed by atoms with Crippen LogP contribution in [0.4, 0.5) is 5.69 Å². The van der Waals surface area contributed by atoms with E-state index in [2.05, 4.69) is 68.5 Å². The van der Waals surface area contributed by atoms with Crippen LogP contribution in [0.1, 0.15) is 31.4 Å². The Morgan fingerprint density at radius 3 is 2.53 bits per heavy atom. The highest BCUT2D eigenvalue weighted by Gasteiger charge is 2.09. The average Bonchev–Trinajstić information content (AvgIpc) is 2.45. The molecular weight excluding hydrogens is 230 g/mol. The van der Waals surface area contributed by atoms with E-state index < -0.39 is 0 Å². The summed E-state index contributed by atoms with van der Waals surface area (Å²) >= 11 is 0. The number of nitrogens with zero attached hydrogens (tertiary/aromatic N) is 1. The second-order valence-electron chi connectivity index (χ2n) is 4.28. The fourth-order valence-corrected chi connectivity index (χ4v) is 2.10. The molecule has 100 valence electrons. The first-order valence-electron chi connectivity index (χ1n) is 6.64. The number of likely N-dealkylation sites (N-methyl/N-ethyl adjacent to an activating group) is 1. The van der Waals surface area contributed by atoms with Crippen molar-refractivity contribution in [3.05, 3.63) is 66.4 Å². The van der Waals surface area contributed by atoms with Gasteiger partial charge < -0.3 is 4.90 Å². The van der Waals surface area contributed by atoms with Crippen molar-refractivity contribution < 1.29 is 0 Å². The monoisotopic (exact) mass is 253 g/mol. The van der Waals surface area contributed by atoms with Crippen LogP contribution < -0.4 is 4.90 Å². The van der Waals surface area contributed by atoms with Crippen molar-refractivity contribution in [3.8, 4) is 0 Å². The molecule has 0 N–H and O–H groups in total. The molecule has 1 aromatic carbocycles. The predicted octanol–water partition coefficient (Wildman–Crippen LogP) is 5.28. The molecule has 0 spiro atoms. The minimum absolute atomic E-state index is 1.01.